The van der Waals surface area contributed by atoms with Gasteiger partial charge in [0.25, 0.3) is 0 Å². The summed E-state index contributed by atoms with van der Waals surface area (Å²) in [6, 6.07) is -0.725. The van der Waals surface area contributed by atoms with Gasteiger partial charge in [0.1, 0.15) is 0 Å². The molecule has 2 amide bonds. The number of amides is 2. The number of alkyl halides is 3. The van der Waals surface area contributed by atoms with Crippen molar-refractivity contribution in [1.82, 2.24) is 10.2 Å². The Hall–Kier alpha value is -1.77. The predicted molar refractivity (Wildman–Crippen MR) is 71.3 cm³/mol. The average Bonchev–Trinajstić information content (AvgIpc) is 2.82. The summed E-state index contributed by atoms with van der Waals surface area (Å²) in [5.41, 5.74) is 0.809. The van der Waals surface area contributed by atoms with Gasteiger partial charge in [-0.05, 0) is 6.92 Å². The van der Waals surface area contributed by atoms with Gasteiger partial charge in [0.2, 0.25) is 0 Å². The fraction of sp³-hybridized carbons (Fsp3) is 0.692. The van der Waals surface area contributed by atoms with Crippen LogP contribution in [-0.2, 0) is 9.53 Å². The minimum absolute atomic E-state index is 0.122. The van der Waals surface area contributed by atoms with Crippen molar-refractivity contribution in [2.45, 2.75) is 13.1 Å². The van der Waals surface area contributed by atoms with Crippen LogP contribution in [0, 0.1) is 11.8 Å². The van der Waals surface area contributed by atoms with E-state index in [9.17, 15) is 22.8 Å². The lowest BCUT2D eigenvalue weighted by atomic mass is 9.96. The van der Waals surface area contributed by atoms with Gasteiger partial charge in [-0.2, -0.15) is 13.2 Å². The fourth-order valence-electron chi connectivity index (χ4n) is 2.14. The van der Waals surface area contributed by atoms with Crippen molar-refractivity contribution in [3.8, 4) is 0 Å². The van der Waals surface area contributed by atoms with E-state index in [1.165, 1.54) is 0 Å². The summed E-state index contributed by atoms with van der Waals surface area (Å²) < 4.78 is 43.5. The maximum absolute atomic E-state index is 12.8. The fourth-order valence-corrected chi connectivity index (χ4v) is 2.14. The number of hydrogen-bond acceptors (Lipinski definition) is 3. The molecule has 0 aromatic carbocycles. The minimum Gasteiger partial charge on any atom is -0.481 e. The maximum Gasteiger partial charge on any atom is 0.394 e. The number of hydrogen-bond donors (Lipinski definition) is 2. The number of nitrogens with one attached hydrogen (secondary N) is 1. The predicted octanol–water partition coefficient (Wildman–Crippen LogP) is 1.48. The first-order valence-corrected chi connectivity index (χ1v) is 6.67. The van der Waals surface area contributed by atoms with Crippen molar-refractivity contribution in [2.24, 2.45) is 11.8 Å². The monoisotopic (exact) mass is 324 g/mol. The molecule has 2 N–H and O–H groups in total. The number of aliphatic carboxylic acids is 1. The number of ether oxygens (including phenoxy) is 1. The molecule has 1 aliphatic heterocycles. The standard InChI is InChI=1S/C13H19F3N2O4/c1-8(2)7-22-4-3-17-12(21)18-5-9(11(19)20)10(6-18)13(14,15)16/h9-10H,1,3-7H2,2H3,(H,17,21)(H,19,20)/t9-,10-/m1/s1. The van der Waals surface area contributed by atoms with Crippen LogP contribution in [-0.4, -0.2) is 61.0 Å². The molecule has 0 aromatic heterocycles. The molecular weight excluding hydrogens is 305 g/mol. The molecule has 1 fully saturated rings. The van der Waals surface area contributed by atoms with Gasteiger partial charge in [0.15, 0.2) is 0 Å². The molecule has 6 nitrogen and oxygen atoms in total. The Morgan fingerprint density at radius 3 is 2.50 bits per heavy atom. The van der Waals surface area contributed by atoms with E-state index in [-0.39, 0.29) is 13.2 Å². The van der Waals surface area contributed by atoms with E-state index < -0.39 is 43.1 Å². The van der Waals surface area contributed by atoms with E-state index in [0.29, 0.717) is 6.61 Å². The first-order chi connectivity index (χ1) is 10.1. The second kappa shape index (κ2) is 7.48. The number of carboxylic acid groups (broad SMARTS) is 1. The zero-order valence-electron chi connectivity index (χ0n) is 12.2. The van der Waals surface area contributed by atoms with Crippen LogP contribution in [0.5, 0.6) is 0 Å². The van der Waals surface area contributed by atoms with Crippen LogP contribution in [0.2, 0.25) is 0 Å². The Balaban J connectivity index is 2.47. The lowest BCUT2D eigenvalue weighted by Gasteiger charge is -2.18. The second-order valence-corrected chi connectivity index (χ2v) is 5.24. The van der Waals surface area contributed by atoms with Gasteiger partial charge in [-0.3, -0.25) is 4.79 Å². The SMILES string of the molecule is C=C(C)COCCNC(=O)N1C[C@@H](C(F)(F)F)[C@H](C(=O)O)C1. The molecule has 2 atom stereocenters. The molecule has 9 heteroatoms. The van der Waals surface area contributed by atoms with Crippen molar-refractivity contribution < 1.29 is 32.6 Å². The summed E-state index contributed by atoms with van der Waals surface area (Å²) in [5.74, 6) is -5.23. The molecule has 0 saturated carbocycles. The number of carbonyl (C=O) groups is 2. The molecule has 0 aromatic rings. The summed E-state index contributed by atoms with van der Waals surface area (Å²) in [5, 5.41) is 11.3. The molecule has 0 bridgehead atoms. The van der Waals surface area contributed by atoms with E-state index in [1.54, 1.807) is 6.92 Å². The second-order valence-electron chi connectivity index (χ2n) is 5.24. The van der Waals surface area contributed by atoms with Crippen molar-refractivity contribution in [3.05, 3.63) is 12.2 Å². The van der Waals surface area contributed by atoms with Gasteiger partial charge in [0, 0.05) is 19.6 Å². The van der Waals surface area contributed by atoms with E-state index in [2.05, 4.69) is 11.9 Å². The molecule has 0 spiro atoms. The van der Waals surface area contributed by atoms with Crippen LogP contribution in [0.25, 0.3) is 0 Å². The van der Waals surface area contributed by atoms with Gasteiger partial charge in [-0.15, -0.1) is 0 Å². The third-order valence-corrected chi connectivity index (χ3v) is 3.22. The Kier molecular flexibility index (Phi) is 6.21. The topological polar surface area (TPSA) is 78.9 Å². The highest BCUT2D eigenvalue weighted by atomic mass is 19.4. The van der Waals surface area contributed by atoms with Crippen molar-refractivity contribution >= 4 is 12.0 Å². The van der Waals surface area contributed by atoms with Gasteiger partial charge in [-0.25, -0.2) is 4.79 Å². The third-order valence-electron chi connectivity index (χ3n) is 3.22. The van der Waals surface area contributed by atoms with Gasteiger partial charge in [0.05, 0.1) is 25.0 Å². The quantitative estimate of drug-likeness (QED) is 0.573. The zero-order chi connectivity index (χ0) is 16.9. The summed E-state index contributed by atoms with van der Waals surface area (Å²) in [6.45, 7) is 4.92. The first-order valence-electron chi connectivity index (χ1n) is 6.67. The highest BCUT2D eigenvalue weighted by Crippen LogP contribution is 2.37. The first kappa shape index (κ1) is 18.3. The highest BCUT2D eigenvalue weighted by molar-refractivity contribution is 5.77. The molecule has 1 heterocycles. The van der Waals surface area contributed by atoms with E-state index >= 15 is 0 Å². The van der Waals surface area contributed by atoms with E-state index in [1.807, 2.05) is 0 Å². The molecule has 1 rings (SSSR count). The molecular formula is C13H19F3N2O4. The molecule has 0 aliphatic carbocycles. The Bertz CT molecular complexity index is 439. The maximum atomic E-state index is 12.8. The lowest BCUT2D eigenvalue weighted by Crippen LogP contribution is -2.40. The smallest absolute Gasteiger partial charge is 0.394 e. The zero-order valence-corrected chi connectivity index (χ0v) is 12.2. The summed E-state index contributed by atoms with van der Waals surface area (Å²) in [6.07, 6.45) is -4.65. The highest BCUT2D eigenvalue weighted by Gasteiger charge is 2.53. The lowest BCUT2D eigenvalue weighted by molar-refractivity contribution is -0.187. The van der Waals surface area contributed by atoms with E-state index in [0.717, 1.165) is 10.5 Å². The van der Waals surface area contributed by atoms with Crippen LogP contribution in [0.1, 0.15) is 6.92 Å². The summed E-state index contributed by atoms with van der Waals surface area (Å²) >= 11 is 0. The number of carboxylic acids is 1. The third kappa shape index (κ3) is 5.21. The number of nitrogens with zero attached hydrogens (tertiary/aromatic N) is 1. The Labute approximate surface area is 125 Å². The normalized spacial score (nSPS) is 21.7. The number of rotatable bonds is 6. The van der Waals surface area contributed by atoms with Crippen LogP contribution in [0.15, 0.2) is 12.2 Å². The molecule has 22 heavy (non-hydrogen) atoms. The van der Waals surface area contributed by atoms with Crippen LogP contribution < -0.4 is 5.32 Å². The minimum atomic E-state index is -4.65. The molecule has 126 valence electrons. The Morgan fingerprint density at radius 1 is 1.41 bits per heavy atom. The molecule has 1 aliphatic rings. The number of carbonyl (C=O) groups excluding carboxylic acids is 1. The molecule has 0 radical (unpaired) electrons. The number of urea groups is 1. The average molecular weight is 324 g/mol. The summed E-state index contributed by atoms with van der Waals surface area (Å²) in [4.78, 5) is 23.5. The van der Waals surface area contributed by atoms with Gasteiger partial charge in [-0.1, -0.05) is 12.2 Å². The largest absolute Gasteiger partial charge is 0.481 e. The van der Waals surface area contributed by atoms with Gasteiger partial charge >= 0.3 is 18.2 Å². The number of halogens is 3. The number of likely N-dealkylation sites (tertiary alicyclic amines) is 1. The van der Waals surface area contributed by atoms with E-state index in [4.69, 9.17) is 9.84 Å². The van der Waals surface area contributed by atoms with Crippen molar-refractivity contribution in [1.29, 1.82) is 0 Å². The van der Waals surface area contributed by atoms with Crippen molar-refractivity contribution in [2.75, 3.05) is 32.8 Å². The van der Waals surface area contributed by atoms with Crippen LogP contribution >= 0.6 is 0 Å². The van der Waals surface area contributed by atoms with Gasteiger partial charge < -0.3 is 20.1 Å². The molecule has 0 unspecified atom stereocenters. The Morgan fingerprint density at radius 2 is 2.05 bits per heavy atom. The van der Waals surface area contributed by atoms with Crippen LogP contribution in [0.4, 0.5) is 18.0 Å². The molecule has 1 saturated heterocycles. The van der Waals surface area contributed by atoms with Crippen LogP contribution in [0.3, 0.4) is 0 Å². The summed E-state index contributed by atoms with van der Waals surface area (Å²) in [7, 11) is 0. The van der Waals surface area contributed by atoms with Crippen molar-refractivity contribution in [3.63, 3.8) is 0 Å².